The molecule has 0 amide bonds. The molecular formula is C14H24N4O3S. The summed E-state index contributed by atoms with van der Waals surface area (Å²) in [4.78, 5) is 10.1. The van der Waals surface area contributed by atoms with Crippen molar-refractivity contribution in [2.75, 3.05) is 46.2 Å². The normalized spacial score (nSPS) is 22.1. The van der Waals surface area contributed by atoms with Crippen LogP contribution in [-0.2, 0) is 26.7 Å². The molecule has 0 aromatic carbocycles. The predicted octanol–water partition coefficient (Wildman–Crippen LogP) is 0.165. The molecule has 22 heavy (non-hydrogen) atoms. The average Bonchev–Trinajstić information content (AvgIpc) is 2.97. The van der Waals surface area contributed by atoms with Crippen molar-refractivity contribution in [3.8, 4) is 0 Å². The van der Waals surface area contributed by atoms with Crippen molar-refractivity contribution in [2.24, 2.45) is 0 Å². The maximum absolute atomic E-state index is 12.1. The van der Waals surface area contributed by atoms with Gasteiger partial charge in [-0.3, -0.25) is 4.90 Å². The van der Waals surface area contributed by atoms with Gasteiger partial charge in [0.05, 0.1) is 23.3 Å². The van der Waals surface area contributed by atoms with Crippen LogP contribution in [0.4, 0.5) is 0 Å². The SMILES string of the molecule is CN(C)S(=O)(=O)CCN1CCc2[nH]cnc2C12CCOCC2. The summed E-state index contributed by atoms with van der Waals surface area (Å²) in [5.41, 5.74) is 2.10. The number of fused-ring (bicyclic) bond motifs is 2. The summed E-state index contributed by atoms with van der Waals surface area (Å²) in [7, 11) is -0.0149. The fourth-order valence-electron chi connectivity index (χ4n) is 3.52. The Kier molecular flexibility index (Phi) is 4.28. The fraction of sp³-hybridized carbons (Fsp3) is 0.786. The predicted molar refractivity (Wildman–Crippen MR) is 83.1 cm³/mol. The van der Waals surface area contributed by atoms with E-state index in [1.54, 1.807) is 20.4 Å². The van der Waals surface area contributed by atoms with E-state index in [0.717, 1.165) is 31.5 Å². The third-order valence-corrected chi connectivity index (χ3v) is 6.70. The van der Waals surface area contributed by atoms with Gasteiger partial charge in [-0.05, 0) is 12.8 Å². The number of hydrogen-bond acceptors (Lipinski definition) is 5. The molecule has 3 heterocycles. The Bertz CT molecular complexity index is 620. The number of aromatic nitrogens is 2. The van der Waals surface area contributed by atoms with E-state index >= 15 is 0 Å². The Labute approximate surface area is 131 Å². The minimum absolute atomic E-state index is 0.141. The van der Waals surface area contributed by atoms with Crippen molar-refractivity contribution in [3.63, 3.8) is 0 Å². The lowest BCUT2D eigenvalue weighted by molar-refractivity contribution is -0.0381. The largest absolute Gasteiger partial charge is 0.381 e. The Balaban J connectivity index is 1.84. The van der Waals surface area contributed by atoms with Crippen LogP contribution in [0.5, 0.6) is 0 Å². The van der Waals surface area contributed by atoms with Gasteiger partial charge < -0.3 is 9.72 Å². The lowest BCUT2D eigenvalue weighted by Gasteiger charge is -2.48. The number of sulfonamides is 1. The van der Waals surface area contributed by atoms with Crippen LogP contribution in [-0.4, -0.2) is 73.7 Å². The molecule has 8 heteroatoms. The van der Waals surface area contributed by atoms with Gasteiger partial charge in [0.15, 0.2) is 0 Å². The molecule has 0 saturated carbocycles. The van der Waals surface area contributed by atoms with Crippen LogP contribution in [0.1, 0.15) is 24.2 Å². The highest BCUT2D eigenvalue weighted by atomic mass is 32.2. The van der Waals surface area contributed by atoms with Crippen LogP contribution in [0, 0.1) is 0 Å². The highest BCUT2D eigenvalue weighted by Gasteiger charge is 2.45. The first-order chi connectivity index (χ1) is 10.5. The molecule has 1 saturated heterocycles. The molecule has 0 atom stereocenters. The Morgan fingerprint density at radius 3 is 2.82 bits per heavy atom. The first-order valence-corrected chi connectivity index (χ1v) is 9.32. The molecule has 2 aliphatic rings. The van der Waals surface area contributed by atoms with E-state index in [1.165, 1.54) is 10.00 Å². The second kappa shape index (κ2) is 5.92. The van der Waals surface area contributed by atoms with Gasteiger partial charge in [0.2, 0.25) is 10.0 Å². The van der Waals surface area contributed by atoms with E-state index in [9.17, 15) is 8.42 Å². The zero-order chi connectivity index (χ0) is 15.8. The molecule has 2 aliphatic heterocycles. The maximum atomic E-state index is 12.1. The summed E-state index contributed by atoms with van der Waals surface area (Å²) in [6.07, 6.45) is 4.38. The van der Waals surface area contributed by atoms with Gasteiger partial charge in [-0.25, -0.2) is 17.7 Å². The van der Waals surface area contributed by atoms with Crippen LogP contribution in [0.15, 0.2) is 6.33 Å². The summed E-state index contributed by atoms with van der Waals surface area (Å²) in [5.74, 6) is 0.141. The smallest absolute Gasteiger partial charge is 0.214 e. The summed E-state index contributed by atoms with van der Waals surface area (Å²) in [5, 5.41) is 0. The van der Waals surface area contributed by atoms with Crippen LogP contribution in [0.25, 0.3) is 0 Å². The van der Waals surface area contributed by atoms with Gasteiger partial charge in [0, 0.05) is 52.5 Å². The molecule has 0 radical (unpaired) electrons. The number of imidazole rings is 1. The van der Waals surface area contributed by atoms with Crippen molar-refractivity contribution < 1.29 is 13.2 Å². The van der Waals surface area contributed by atoms with E-state index in [-0.39, 0.29) is 11.3 Å². The summed E-state index contributed by atoms with van der Waals surface area (Å²) < 4.78 is 31.0. The average molecular weight is 328 g/mol. The molecule has 1 fully saturated rings. The number of nitrogens with one attached hydrogen (secondary N) is 1. The van der Waals surface area contributed by atoms with Crippen molar-refractivity contribution in [2.45, 2.75) is 24.8 Å². The van der Waals surface area contributed by atoms with Crippen LogP contribution in [0.3, 0.4) is 0 Å². The molecule has 0 unspecified atom stereocenters. The number of ether oxygens (including phenoxy) is 1. The minimum Gasteiger partial charge on any atom is -0.381 e. The summed E-state index contributed by atoms with van der Waals surface area (Å²) in [6, 6.07) is 0. The third-order valence-electron chi connectivity index (χ3n) is 4.89. The lowest BCUT2D eigenvalue weighted by atomic mass is 9.80. The summed E-state index contributed by atoms with van der Waals surface area (Å²) >= 11 is 0. The topological polar surface area (TPSA) is 78.5 Å². The van der Waals surface area contributed by atoms with Gasteiger partial charge in [-0.15, -0.1) is 0 Å². The fourth-order valence-corrected chi connectivity index (χ4v) is 4.34. The minimum atomic E-state index is -3.18. The van der Waals surface area contributed by atoms with Gasteiger partial charge in [0.1, 0.15) is 0 Å². The Morgan fingerprint density at radius 2 is 2.14 bits per heavy atom. The maximum Gasteiger partial charge on any atom is 0.214 e. The van der Waals surface area contributed by atoms with Crippen molar-refractivity contribution in [3.05, 3.63) is 17.7 Å². The highest BCUT2D eigenvalue weighted by Crippen LogP contribution is 2.41. The van der Waals surface area contributed by atoms with E-state index in [0.29, 0.717) is 19.8 Å². The zero-order valence-corrected chi connectivity index (χ0v) is 14.0. The molecule has 124 valence electrons. The number of H-pyrrole nitrogens is 1. The first kappa shape index (κ1) is 15.9. The molecule has 0 bridgehead atoms. The second-order valence-corrected chi connectivity index (χ2v) is 8.51. The Hall–Kier alpha value is -0.960. The number of nitrogens with zero attached hydrogens (tertiary/aromatic N) is 3. The second-order valence-electron chi connectivity index (χ2n) is 6.21. The highest BCUT2D eigenvalue weighted by molar-refractivity contribution is 7.89. The number of aromatic amines is 1. The molecule has 1 spiro atoms. The number of hydrogen-bond donors (Lipinski definition) is 1. The van der Waals surface area contributed by atoms with Crippen LogP contribution >= 0.6 is 0 Å². The number of rotatable bonds is 4. The molecule has 3 rings (SSSR count). The van der Waals surface area contributed by atoms with Crippen molar-refractivity contribution >= 4 is 10.0 Å². The molecular weight excluding hydrogens is 304 g/mol. The lowest BCUT2D eigenvalue weighted by Crippen LogP contribution is -2.55. The van der Waals surface area contributed by atoms with Gasteiger partial charge in [-0.2, -0.15) is 0 Å². The van der Waals surface area contributed by atoms with E-state index in [1.807, 2.05) is 0 Å². The molecule has 7 nitrogen and oxygen atoms in total. The van der Waals surface area contributed by atoms with Crippen LogP contribution in [0.2, 0.25) is 0 Å². The van der Waals surface area contributed by atoms with E-state index < -0.39 is 10.0 Å². The molecule has 1 aromatic heterocycles. The van der Waals surface area contributed by atoms with E-state index in [2.05, 4.69) is 14.9 Å². The first-order valence-electron chi connectivity index (χ1n) is 7.71. The van der Waals surface area contributed by atoms with Crippen molar-refractivity contribution in [1.29, 1.82) is 0 Å². The standard InChI is InChI=1S/C14H24N4O3S/c1-17(2)22(19,20)10-7-18-6-3-12-13(16-11-15-12)14(18)4-8-21-9-5-14/h11H,3-10H2,1-2H3,(H,15,16). The molecule has 1 N–H and O–H groups in total. The summed E-state index contributed by atoms with van der Waals surface area (Å²) in [6.45, 7) is 2.79. The zero-order valence-electron chi connectivity index (χ0n) is 13.2. The van der Waals surface area contributed by atoms with Gasteiger partial charge in [-0.1, -0.05) is 0 Å². The monoisotopic (exact) mass is 328 g/mol. The van der Waals surface area contributed by atoms with Gasteiger partial charge >= 0.3 is 0 Å². The van der Waals surface area contributed by atoms with E-state index in [4.69, 9.17) is 4.74 Å². The molecule has 0 aliphatic carbocycles. The quantitative estimate of drug-likeness (QED) is 0.852. The third kappa shape index (κ3) is 2.68. The van der Waals surface area contributed by atoms with Gasteiger partial charge in [0.25, 0.3) is 0 Å². The Morgan fingerprint density at radius 1 is 1.41 bits per heavy atom. The van der Waals surface area contributed by atoms with Crippen molar-refractivity contribution in [1.82, 2.24) is 19.2 Å². The molecule has 1 aromatic rings. The van der Waals surface area contributed by atoms with Crippen LogP contribution < -0.4 is 0 Å².